The lowest BCUT2D eigenvalue weighted by Crippen LogP contribution is -2.24. The fourth-order valence-electron chi connectivity index (χ4n) is 2.44. The highest BCUT2D eigenvalue weighted by Crippen LogP contribution is 2.32. The average Bonchev–Trinajstić information content (AvgIpc) is 3.25. The molecule has 0 aliphatic rings. The van der Waals surface area contributed by atoms with Crippen molar-refractivity contribution in [3.8, 4) is 11.3 Å². The van der Waals surface area contributed by atoms with E-state index >= 15 is 4.39 Å². The summed E-state index contributed by atoms with van der Waals surface area (Å²) in [5.41, 5.74) is -1.26. The molecule has 0 atom stereocenters. The van der Waals surface area contributed by atoms with Gasteiger partial charge < -0.3 is 14.4 Å². The number of hydrogen-bond acceptors (Lipinski definition) is 5. The number of aromatic nitrogens is 2. The lowest BCUT2D eigenvalue weighted by atomic mass is 10.2. The molecule has 3 aromatic heterocycles. The topological polar surface area (TPSA) is 106 Å². The van der Waals surface area contributed by atoms with Gasteiger partial charge in [0, 0.05) is 25.0 Å². The Morgan fingerprint density at radius 3 is 2.67 bits per heavy atom. The van der Waals surface area contributed by atoms with Crippen LogP contribution >= 0.6 is 0 Å². The molecule has 0 aliphatic heterocycles. The van der Waals surface area contributed by atoms with Crippen molar-refractivity contribution in [1.82, 2.24) is 13.9 Å². The number of nitrogens with zero attached hydrogens (tertiary/aromatic N) is 3. The summed E-state index contributed by atoms with van der Waals surface area (Å²) in [7, 11) is -3.21. The van der Waals surface area contributed by atoms with Crippen LogP contribution in [0.2, 0.25) is 0 Å². The second-order valence-corrected chi connectivity index (χ2v) is 7.28. The molecule has 0 aliphatic carbocycles. The van der Waals surface area contributed by atoms with Gasteiger partial charge in [-0.15, -0.1) is 0 Å². The highest BCUT2D eigenvalue weighted by Gasteiger charge is 2.30. The van der Waals surface area contributed by atoms with E-state index in [9.17, 15) is 17.6 Å². The zero-order valence-electron chi connectivity index (χ0n) is 13.8. The van der Waals surface area contributed by atoms with Gasteiger partial charge in [-0.1, -0.05) is 0 Å². The van der Waals surface area contributed by atoms with Crippen LogP contribution in [0.15, 0.2) is 52.4 Å². The first-order valence-electron chi connectivity index (χ1n) is 7.47. The normalized spacial score (nSPS) is 11.5. The lowest BCUT2D eigenvalue weighted by molar-refractivity contribution is 0.153. The summed E-state index contributed by atoms with van der Waals surface area (Å²) in [6.45, 7) is -0.448. The molecular formula is C16H13F2N3O5S. The Morgan fingerprint density at radius 1 is 1.33 bits per heavy atom. The maximum Gasteiger partial charge on any atom is 0.407 e. The minimum absolute atomic E-state index is 0.256. The summed E-state index contributed by atoms with van der Waals surface area (Å²) < 4.78 is 60.2. The molecule has 1 N–H and O–H groups in total. The largest absolute Gasteiger partial charge is 0.465 e. The standard InChI is InChI=1S/C16H13F2N3O5S/c1-20(16(22)23)8-10-9-21(27(24,25)12-5-3-7-26-12)14(13(10)17)11-4-2-6-19-15(11)18/h2-7,9H,8H2,1H3,(H,22,23). The molecular weight excluding hydrogens is 384 g/mol. The Bertz CT molecular complexity index is 1090. The smallest absolute Gasteiger partial charge is 0.407 e. The summed E-state index contributed by atoms with van der Waals surface area (Å²) in [5.74, 6) is -2.16. The van der Waals surface area contributed by atoms with Gasteiger partial charge in [-0.25, -0.2) is 18.1 Å². The summed E-state index contributed by atoms with van der Waals surface area (Å²) in [4.78, 5) is 15.2. The minimum atomic E-state index is -4.40. The van der Waals surface area contributed by atoms with Gasteiger partial charge in [-0.2, -0.15) is 12.8 Å². The highest BCUT2D eigenvalue weighted by atomic mass is 32.2. The maximum atomic E-state index is 15.0. The van der Waals surface area contributed by atoms with Crippen molar-refractivity contribution in [1.29, 1.82) is 0 Å². The molecule has 0 radical (unpaired) electrons. The molecule has 0 unspecified atom stereocenters. The van der Waals surface area contributed by atoms with Crippen LogP contribution in [0.1, 0.15) is 5.56 Å². The monoisotopic (exact) mass is 397 g/mol. The molecule has 0 fully saturated rings. The summed E-state index contributed by atoms with van der Waals surface area (Å²) >= 11 is 0. The minimum Gasteiger partial charge on any atom is -0.465 e. The van der Waals surface area contributed by atoms with Crippen LogP contribution in [0.4, 0.5) is 13.6 Å². The van der Waals surface area contributed by atoms with Gasteiger partial charge in [0.2, 0.25) is 11.0 Å². The average molecular weight is 397 g/mol. The Balaban J connectivity index is 2.26. The number of carboxylic acid groups (broad SMARTS) is 1. The first kappa shape index (κ1) is 18.6. The van der Waals surface area contributed by atoms with Crippen molar-refractivity contribution in [2.45, 2.75) is 11.6 Å². The third-order valence-corrected chi connectivity index (χ3v) is 5.29. The van der Waals surface area contributed by atoms with E-state index in [-0.39, 0.29) is 5.56 Å². The zero-order chi connectivity index (χ0) is 19.8. The van der Waals surface area contributed by atoms with Gasteiger partial charge in [0.05, 0.1) is 18.4 Å². The van der Waals surface area contributed by atoms with Crippen molar-refractivity contribution < 1.29 is 31.5 Å². The van der Waals surface area contributed by atoms with Crippen LogP contribution in [0, 0.1) is 11.8 Å². The highest BCUT2D eigenvalue weighted by molar-refractivity contribution is 7.89. The van der Waals surface area contributed by atoms with E-state index in [0.29, 0.717) is 3.97 Å². The number of hydrogen-bond donors (Lipinski definition) is 1. The molecule has 3 heterocycles. The number of pyridine rings is 1. The van der Waals surface area contributed by atoms with E-state index in [1.54, 1.807) is 0 Å². The maximum absolute atomic E-state index is 15.0. The van der Waals surface area contributed by atoms with Crippen LogP contribution < -0.4 is 0 Å². The molecule has 0 bridgehead atoms. The third kappa shape index (κ3) is 3.28. The van der Waals surface area contributed by atoms with Gasteiger partial charge in [-0.05, 0) is 24.3 Å². The second-order valence-electron chi connectivity index (χ2n) is 5.53. The number of rotatable bonds is 5. The Kier molecular flexibility index (Phi) is 4.70. The third-order valence-electron chi connectivity index (χ3n) is 3.74. The Morgan fingerprint density at radius 2 is 2.07 bits per heavy atom. The van der Waals surface area contributed by atoms with Crippen LogP contribution in [0.3, 0.4) is 0 Å². The van der Waals surface area contributed by atoms with Crippen LogP contribution in [0.25, 0.3) is 11.3 Å². The number of carbonyl (C=O) groups is 1. The van der Waals surface area contributed by atoms with E-state index in [4.69, 9.17) is 9.52 Å². The predicted octanol–water partition coefficient (Wildman–Crippen LogP) is 2.77. The molecule has 11 heteroatoms. The van der Waals surface area contributed by atoms with Gasteiger partial charge in [-0.3, -0.25) is 0 Å². The number of furan rings is 1. The fraction of sp³-hybridized carbons (Fsp3) is 0.125. The van der Waals surface area contributed by atoms with Crippen molar-refractivity contribution >= 4 is 16.1 Å². The molecule has 1 amide bonds. The summed E-state index contributed by atoms with van der Waals surface area (Å²) in [6, 6.07) is 4.97. The Labute approximate surface area is 152 Å². The first-order chi connectivity index (χ1) is 12.7. The quantitative estimate of drug-likeness (QED) is 0.664. The van der Waals surface area contributed by atoms with Crippen LogP contribution in [0.5, 0.6) is 0 Å². The molecule has 3 aromatic rings. The van der Waals surface area contributed by atoms with Gasteiger partial charge in [0.25, 0.3) is 0 Å². The van der Waals surface area contributed by atoms with Gasteiger partial charge in [0.15, 0.2) is 5.82 Å². The Hall–Kier alpha value is -3.21. The fourth-order valence-corrected chi connectivity index (χ4v) is 3.75. The molecule has 0 saturated heterocycles. The van der Waals surface area contributed by atoms with E-state index in [1.165, 1.54) is 25.2 Å². The lowest BCUT2D eigenvalue weighted by Gasteiger charge is -2.11. The molecule has 142 valence electrons. The van der Waals surface area contributed by atoms with E-state index in [0.717, 1.165) is 29.6 Å². The molecule has 27 heavy (non-hydrogen) atoms. The molecule has 0 aromatic carbocycles. The SMILES string of the molecule is CN(Cc1cn(S(=O)(=O)c2ccco2)c(-c2cccnc2F)c1F)C(=O)O. The number of halogens is 2. The van der Waals surface area contributed by atoms with Gasteiger partial charge >= 0.3 is 16.1 Å². The molecule has 8 nitrogen and oxygen atoms in total. The van der Waals surface area contributed by atoms with Crippen molar-refractivity contribution in [3.63, 3.8) is 0 Å². The van der Waals surface area contributed by atoms with Crippen molar-refractivity contribution in [2.24, 2.45) is 0 Å². The van der Waals surface area contributed by atoms with Crippen molar-refractivity contribution in [2.75, 3.05) is 7.05 Å². The van der Waals surface area contributed by atoms with Crippen molar-refractivity contribution in [3.05, 3.63) is 60.3 Å². The summed E-state index contributed by atoms with van der Waals surface area (Å²) in [5, 5.41) is 8.49. The van der Waals surface area contributed by atoms with Crippen LogP contribution in [-0.4, -0.2) is 40.5 Å². The molecule has 3 rings (SSSR count). The molecule has 0 saturated carbocycles. The van der Waals surface area contributed by atoms with E-state index < -0.39 is 50.8 Å². The van der Waals surface area contributed by atoms with E-state index in [2.05, 4.69) is 4.98 Å². The van der Waals surface area contributed by atoms with Gasteiger partial charge in [0.1, 0.15) is 5.69 Å². The second kappa shape index (κ2) is 6.83. The zero-order valence-corrected chi connectivity index (χ0v) is 14.7. The molecule has 0 spiro atoms. The van der Waals surface area contributed by atoms with Crippen LogP contribution in [-0.2, 0) is 16.6 Å². The van der Waals surface area contributed by atoms with E-state index in [1.807, 2.05) is 0 Å². The number of amides is 1. The predicted molar refractivity (Wildman–Crippen MR) is 88.4 cm³/mol. The summed E-state index contributed by atoms with van der Waals surface area (Å²) in [6.07, 6.45) is 1.81. The first-order valence-corrected chi connectivity index (χ1v) is 8.91.